The van der Waals surface area contributed by atoms with Crippen LogP contribution in [0.5, 0.6) is 0 Å². The van der Waals surface area contributed by atoms with Gasteiger partial charge < -0.3 is 4.62 Å². The minimum Gasteiger partial charge on any atom is -0.324 e. The minimum absolute atomic E-state index is 0.0554. The molecule has 1 atom stereocenters. The molecule has 0 aromatic carbocycles. The zero-order valence-corrected chi connectivity index (χ0v) is 8.95. The molecule has 0 aliphatic rings. The van der Waals surface area contributed by atoms with Crippen LogP contribution in [-0.4, -0.2) is 11.8 Å². The summed E-state index contributed by atoms with van der Waals surface area (Å²) in [7, 11) is 0. The molecule has 3 nitrogen and oxygen atoms in total. The molecule has 6 heteroatoms. The summed E-state index contributed by atoms with van der Waals surface area (Å²) in [6, 6.07) is 0. The van der Waals surface area contributed by atoms with Gasteiger partial charge in [0.25, 0.3) is 0 Å². The van der Waals surface area contributed by atoms with E-state index in [0.717, 1.165) is 0 Å². The number of rotatable bonds is 3. The predicted octanol–water partition coefficient (Wildman–Crippen LogP) is 3.27. The van der Waals surface area contributed by atoms with Crippen molar-refractivity contribution in [3.8, 4) is 0 Å². The van der Waals surface area contributed by atoms with E-state index in [2.05, 4.69) is 9.78 Å². The van der Waals surface area contributed by atoms with Gasteiger partial charge in [0.05, 0.1) is 0 Å². The lowest BCUT2D eigenvalue weighted by atomic mass is 10.2. The SMILES string of the molecule is CC(C)C(Cl)=NOP(C)(=O)Cl. The second kappa shape index (κ2) is 4.34. The smallest absolute Gasteiger partial charge is 0.324 e. The highest BCUT2D eigenvalue weighted by atomic mass is 35.7. The van der Waals surface area contributed by atoms with Crippen LogP contribution in [0.25, 0.3) is 0 Å². The Bertz CT molecular complexity index is 199. The lowest BCUT2D eigenvalue weighted by molar-refractivity contribution is 0.349. The van der Waals surface area contributed by atoms with Crippen LogP contribution >= 0.6 is 29.6 Å². The van der Waals surface area contributed by atoms with Crippen LogP contribution in [0, 0.1) is 5.92 Å². The third-order valence-electron chi connectivity index (χ3n) is 0.750. The van der Waals surface area contributed by atoms with Gasteiger partial charge >= 0.3 is 6.72 Å². The molecule has 0 aromatic rings. The average Bonchev–Trinajstić information content (AvgIpc) is 1.80. The standard InChI is InChI=1S/C5H10Cl2NO2P/c1-4(2)5(6)8-10-11(3,7)9/h4H,1-3H3. The quantitative estimate of drug-likeness (QED) is 0.414. The summed E-state index contributed by atoms with van der Waals surface area (Å²) >= 11 is 10.8. The number of halogens is 2. The first-order valence-corrected chi connectivity index (χ1v) is 6.37. The molecular formula is C5H10Cl2NO2P. The molecule has 0 aromatic heterocycles. The first-order valence-electron chi connectivity index (χ1n) is 3.02. The fourth-order valence-electron chi connectivity index (χ4n) is 0.217. The summed E-state index contributed by atoms with van der Waals surface area (Å²) in [6.07, 6.45) is 0. The van der Waals surface area contributed by atoms with Crippen molar-refractivity contribution in [3.05, 3.63) is 0 Å². The van der Waals surface area contributed by atoms with Gasteiger partial charge in [-0.05, 0) is 11.2 Å². The molecule has 0 saturated carbocycles. The monoisotopic (exact) mass is 217 g/mol. The van der Waals surface area contributed by atoms with Crippen molar-refractivity contribution in [3.63, 3.8) is 0 Å². The van der Waals surface area contributed by atoms with Gasteiger partial charge in [-0.15, -0.1) is 0 Å². The minimum atomic E-state index is -3.06. The van der Waals surface area contributed by atoms with Gasteiger partial charge in [0.15, 0.2) is 0 Å². The maximum atomic E-state index is 10.7. The van der Waals surface area contributed by atoms with Gasteiger partial charge in [-0.25, -0.2) is 0 Å². The maximum Gasteiger partial charge on any atom is 0.356 e. The molecule has 0 heterocycles. The van der Waals surface area contributed by atoms with E-state index in [1.54, 1.807) is 0 Å². The highest BCUT2D eigenvalue weighted by Gasteiger charge is 2.11. The Morgan fingerprint density at radius 3 is 2.36 bits per heavy atom. The van der Waals surface area contributed by atoms with E-state index < -0.39 is 6.72 Å². The molecule has 0 radical (unpaired) electrons. The second-order valence-electron chi connectivity index (χ2n) is 2.40. The topological polar surface area (TPSA) is 38.7 Å². The van der Waals surface area contributed by atoms with Crippen LogP contribution in [0.15, 0.2) is 5.16 Å². The van der Waals surface area contributed by atoms with E-state index in [-0.39, 0.29) is 11.1 Å². The summed E-state index contributed by atoms with van der Waals surface area (Å²) in [6.45, 7) is 1.87. The van der Waals surface area contributed by atoms with Crippen LogP contribution < -0.4 is 0 Å². The molecule has 0 aliphatic carbocycles. The fraction of sp³-hybridized carbons (Fsp3) is 0.800. The zero-order chi connectivity index (χ0) is 9.07. The fourth-order valence-corrected chi connectivity index (χ4v) is 0.626. The van der Waals surface area contributed by atoms with E-state index in [1.807, 2.05) is 13.8 Å². The Hall–Kier alpha value is 0.280. The molecule has 0 saturated heterocycles. The van der Waals surface area contributed by atoms with Crippen LogP contribution in [0.3, 0.4) is 0 Å². The molecule has 66 valence electrons. The van der Waals surface area contributed by atoms with Gasteiger partial charge in [0.2, 0.25) is 0 Å². The van der Waals surface area contributed by atoms with E-state index in [0.29, 0.717) is 0 Å². The summed E-state index contributed by atoms with van der Waals surface area (Å²) < 4.78 is 15.1. The molecule has 0 aliphatic heterocycles. The highest BCUT2D eigenvalue weighted by molar-refractivity contribution is 7.84. The molecule has 0 bridgehead atoms. The van der Waals surface area contributed by atoms with Crippen LogP contribution in [0.1, 0.15) is 13.8 Å². The molecule has 1 unspecified atom stereocenters. The molecule has 11 heavy (non-hydrogen) atoms. The van der Waals surface area contributed by atoms with Gasteiger partial charge in [0, 0.05) is 12.6 Å². The van der Waals surface area contributed by atoms with Crippen molar-refractivity contribution in [1.29, 1.82) is 0 Å². The molecule has 0 N–H and O–H groups in total. The Morgan fingerprint density at radius 2 is 2.09 bits per heavy atom. The van der Waals surface area contributed by atoms with Gasteiger partial charge in [-0.1, -0.05) is 30.6 Å². The average molecular weight is 218 g/mol. The van der Waals surface area contributed by atoms with E-state index in [1.165, 1.54) is 6.66 Å². The third-order valence-corrected chi connectivity index (χ3v) is 1.81. The Morgan fingerprint density at radius 1 is 1.64 bits per heavy atom. The summed E-state index contributed by atoms with van der Waals surface area (Å²) in [4.78, 5) is 0. The zero-order valence-electron chi connectivity index (χ0n) is 6.54. The summed E-state index contributed by atoms with van der Waals surface area (Å²) in [5, 5.41) is 3.64. The third kappa shape index (κ3) is 6.67. The van der Waals surface area contributed by atoms with E-state index in [4.69, 9.17) is 22.8 Å². The van der Waals surface area contributed by atoms with E-state index in [9.17, 15) is 4.57 Å². The van der Waals surface area contributed by atoms with Gasteiger partial charge in [-0.2, -0.15) is 0 Å². The maximum absolute atomic E-state index is 10.7. The van der Waals surface area contributed by atoms with Crippen LogP contribution in [-0.2, 0) is 9.19 Å². The van der Waals surface area contributed by atoms with Crippen molar-refractivity contribution in [2.75, 3.05) is 6.66 Å². The predicted molar refractivity (Wildman–Crippen MR) is 48.6 cm³/mol. The second-order valence-corrected chi connectivity index (χ2v) is 6.28. The Labute approximate surface area is 75.9 Å². The summed E-state index contributed by atoms with van der Waals surface area (Å²) in [5.74, 6) is 0.0554. The van der Waals surface area contributed by atoms with Crippen molar-refractivity contribution < 1.29 is 9.19 Å². The lowest BCUT2D eigenvalue weighted by Crippen LogP contribution is -1.98. The van der Waals surface area contributed by atoms with Gasteiger partial charge in [0.1, 0.15) is 5.17 Å². The normalized spacial score (nSPS) is 18.2. The highest BCUT2D eigenvalue weighted by Crippen LogP contribution is 2.48. The Balaban J connectivity index is 4.04. The van der Waals surface area contributed by atoms with Crippen molar-refractivity contribution in [2.24, 2.45) is 11.1 Å². The first-order chi connectivity index (χ1) is 4.83. The van der Waals surface area contributed by atoms with E-state index >= 15 is 0 Å². The number of nitrogens with zero attached hydrogens (tertiary/aromatic N) is 1. The molecule has 0 spiro atoms. The lowest BCUT2D eigenvalue weighted by Gasteiger charge is -2.03. The van der Waals surface area contributed by atoms with Crippen molar-refractivity contribution in [1.82, 2.24) is 0 Å². The van der Waals surface area contributed by atoms with Gasteiger partial charge in [-0.3, -0.25) is 4.57 Å². The largest absolute Gasteiger partial charge is 0.356 e. The molecule has 0 fully saturated rings. The Kier molecular flexibility index (Phi) is 4.45. The number of hydrogen-bond donors (Lipinski definition) is 0. The number of hydrogen-bond acceptors (Lipinski definition) is 3. The molecular weight excluding hydrogens is 208 g/mol. The van der Waals surface area contributed by atoms with Crippen LogP contribution in [0.2, 0.25) is 0 Å². The molecule has 0 amide bonds. The van der Waals surface area contributed by atoms with Crippen molar-refractivity contribution >= 4 is 34.7 Å². The van der Waals surface area contributed by atoms with Crippen LogP contribution in [0.4, 0.5) is 0 Å². The van der Waals surface area contributed by atoms with Crippen molar-refractivity contribution in [2.45, 2.75) is 13.8 Å². The number of oxime groups is 1. The first kappa shape index (κ1) is 11.3. The molecule has 0 rings (SSSR count). The summed E-state index contributed by atoms with van der Waals surface area (Å²) in [5.41, 5.74) is 0.